The van der Waals surface area contributed by atoms with E-state index in [0.717, 1.165) is 0 Å². The fourth-order valence-corrected chi connectivity index (χ4v) is 6.88. The van der Waals surface area contributed by atoms with Gasteiger partial charge in [0.2, 0.25) is 0 Å². The maximum Gasteiger partial charge on any atom is 0.254 e. The molecule has 14 atom stereocenters. The highest BCUT2D eigenvalue weighted by molar-refractivity contribution is 5.91. The number of amides is 1. The zero-order valence-corrected chi connectivity index (χ0v) is 26.3. The Hall–Kier alpha value is -2.20. The number of hydrogen-bond acceptors (Lipinski definition) is 15. The monoisotopic (exact) mass is 659 g/mol. The molecule has 1 amide bonds. The van der Waals surface area contributed by atoms with Crippen molar-refractivity contribution in [3.05, 3.63) is 11.8 Å². The maximum absolute atomic E-state index is 13.3. The third-order valence-corrected chi connectivity index (χ3v) is 9.53. The second-order valence-electron chi connectivity index (χ2n) is 13.1. The van der Waals surface area contributed by atoms with Gasteiger partial charge in [-0.15, -0.1) is 0 Å². The summed E-state index contributed by atoms with van der Waals surface area (Å²) in [6, 6.07) is -3.75. The summed E-state index contributed by atoms with van der Waals surface area (Å²) in [6.07, 6.45) is -4.01. The molecule has 4 aliphatic rings. The Kier molecular flexibility index (Phi) is 11.9. The first-order valence-corrected chi connectivity index (χ1v) is 15.8. The van der Waals surface area contributed by atoms with Crippen LogP contribution in [0, 0.1) is 11.3 Å². The van der Waals surface area contributed by atoms with Gasteiger partial charge in [-0.3, -0.25) is 10.2 Å². The molecule has 2 aliphatic heterocycles. The van der Waals surface area contributed by atoms with E-state index in [1.807, 2.05) is 6.08 Å². The van der Waals surface area contributed by atoms with E-state index in [9.17, 15) is 30.3 Å². The lowest BCUT2D eigenvalue weighted by Crippen LogP contribution is -2.70. The van der Waals surface area contributed by atoms with Crippen molar-refractivity contribution in [3.8, 4) is 0 Å². The molecule has 0 bridgehead atoms. The summed E-state index contributed by atoms with van der Waals surface area (Å²) in [5, 5.41) is 73.9. The van der Waals surface area contributed by atoms with E-state index in [-0.39, 0.29) is 32.5 Å². The van der Waals surface area contributed by atoms with Crippen molar-refractivity contribution < 1.29 is 44.5 Å². The molecule has 0 radical (unpaired) electrons. The molecule has 2 saturated carbocycles. The molecule has 2 aliphatic carbocycles. The molecular formula is C28H53N9O9. The number of carbonyl (C=O) groups is 1. The second kappa shape index (κ2) is 14.9. The molecule has 18 N–H and O–H groups in total. The third-order valence-electron chi connectivity index (χ3n) is 9.53. The summed E-state index contributed by atoms with van der Waals surface area (Å²) in [5.74, 6) is -1.47. The van der Waals surface area contributed by atoms with Crippen LogP contribution in [0.5, 0.6) is 0 Å². The largest absolute Gasteiger partial charge is 0.492 e. The Morgan fingerprint density at radius 3 is 2.57 bits per heavy atom. The van der Waals surface area contributed by atoms with E-state index in [1.54, 1.807) is 7.05 Å². The summed E-state index contributed by atoms with van der Waals surface area (Å²) in [7, 11) is 1.57. The van der Waals surface area contributed by atoms with Gasteiger partial charge in [0.1, 0.15) is 29.7 Å². The van der Waals surface area contributed by atoms with Crippen molar-refractivity contribution in [2.75, 3.05) is 33.3 Å². The number of ether oxygens (including phenoxy) is 3. The first-order chi connectivity index (χ1) is 21.7. The number of aliphatic hydroxyl groups is 5. The smallest absolute Gasteiger partial charge is 0.254 e. The Bertz CT molecular complexity index is 1100. The number of likely N-dealkylation sites (N-methyl/N-ethyl adjacent to an activating group) is 1. The number of aliphatic hydroxyl groups excluding tert-OH is 3. The van der Waals surface area contributed by atoms with E-state index < -0.39 is 96.0 Å². The lowest BCUT2D eigenvalue weighted by Gasteiger charge is -2.51. The first-order valence-electron chi connectivity index (χ1n) is 15.8. The summed E-state index contributed by atoms with van der Waals surface area (Å²) in [5.41, 5.74) is 20.3. The molecule has 4 rings (SSSR count). The van der Waals surface area contributed by atoms with Crippen molar-refractivity contribution in [2.45, 2.75) is 111 Å². The van der Waals surface area contributed by atoms with Gasteiger partial charge in [0.25, 0.3) is 5.91 Å². The van der Waals surface area contributed by atoms with Crippen LogP contribution in [0.2, 0.25) is 0 Å². The zero-order chi connectivity index (χ0) is 34.0. The van der Waals surface area contributed by atoms with Crippen molar-refractivity contribution in [3.63, 3.8) is 0 Å². The molecule has 3 fully saturated rings. The van der Waals surface area contributed by atoms with E-state index in [4.69, 9.17) is 42.6 Å². The molecule has 2 heterocycles. The number of hydrogen-bond donors (Lipinski definition) is 14. The van der Waals surface area contributed by atoms with E-state index in [0.29, 0.717) is 25.1 Å². The standard InChI is InChI=1S/C28H53N9O9/c1-27(42)11-44-24(20(40)23(27)34-2)46-22-16(36-25(41)28(43)8-17(28)37-26(32)33)7-14(31)18(19(22)39)21-15(4-3-13(9-30)45-21)35-10-12(38)5-6-29/h3,12,14-24,34-35,38-40,42-43H,4-11,29-31H2,1-2H3,(H,36,41)(H4,32,33,37)/t12?,14-,15+,16+,17?,18?,19-,20+,21-,22-,23+,24+,27-,28?/m0/s1. The predicted molar refractivity (Wildman–Crippen MR) is 165 cm³/mol. The van der Waals surface area contributed by atoms with E-state index in [1.165, 1.54) is 6.92 Å². The molecule has 0 aromatic rings. The first kappa shape index (κ1) is 36.6. The van der Waals surface area contributed by atoms with Crippen LogP contribution in [0.4, 0.5) is 0 Å². The minimum Gasteiger partial charge on any atom is -0.492 e. The number of nitrogens with one attached hydrogen (secondary N) is 5. The van der Waals surface area contributed by atoms with Crippen LogP contribution in [-0.4, -0.2) is 149 Å². The number of carbonyl (C=O) groups excluding carboxylic acids is 1. The Morgan fingerprint density at radius 2 is 1.93 bits per heavy atom. The van der Waals surface area contributed by atoms with Gasteiger partial charge in [-0.2, -0.15) is 0 Å². The molecule has 1 saturated heterocycles. The van der Waals surface area contributed by atoms with Crippen LogP contribution in [0.15, 0.2) is 11.8 Å². The highest BCUT2D eigenvalue weighted by Gasteiger charge is 2.61. The van der Waals surface area contributed by atoms with Gasteiger partial charge in [-0.25, -0.2) is 0 Å². The highest BCUT2D eigenvalue weighted by atomic mass is 16.7. The van der Waals surface area contributed by atoms with Crippen LogP contribution in [0.1, 0.15) is 32.6 Å². The molecular weight excluding hydrogens is 606 g/mol. The molecule has 46 heavy (non-hydrogen) atoms. The van der Waals surface area contributed by atoms with Crippen LogP contribution < -0.4 is 44.2 Å². The SMILES string of the molecule is CN[C@@H]1[C@@H](O)[C@@H](O[C@H]2[C@H](NC(=O)C3(O)CC3NC(=N)N)C[C@H](N)C([C@H]3OC(CN)=CC[C@H]3NCC(O)CCN)[C@@H]2O)OC[C@]1(C)O. The minimum atomic E-state index is -1.86. The normalized spacial score (nSPS) is 43.2. The van der Waals surface area contributed by atoms with Crippen LogP contribution >= 0.6 is 0 Å². The average molecular weight is 660 g/mol. The van der Waals surface area contributed by atoms with Gasteiger partial charge >= 0.3 is 0 Å². The molecule has 18 nitrogen and oxygen atoms in total. The Morgan fingerprint density at radius 1 is 1.22 bits per heavy atom. The summed E-state index contributed by atoms with van der Waals surface area (Å²) >= 11 is 0. The van der Waals surface area contributed by atoms with E-state index >= 15 is 0 Å². The quantitative estimate of drug-likeness (QED) is 0.0646. The molecule has 0 aromatic carbocycles. The Labute approximate surface area is 268 Å². The molecule has 4 unspecified atom stereocenters. The fourth-order valence-electron chi connectivity index (χ4n) is 6.88. The number of nitrogens with two attached hydrogens (primary N) is 4. The van der Waals surface area contributed by atoms with Gasteiger partial charge in [0.15, 0.2) is 17.9 Å². The fraction of sp³-hybridized carbons (Fsp3) is 0.857. The maximum atomic E-state index is 13.3. The third kappa shape index (κ3) is 7.91. The summed E-state index contributed by atoms with van der Waals surface area (Å²) < 4.78 is 18.2. The minimum absolute atomic E-state index is 0.00471. The average Bonchev–Trinajstić information content (AvgIpc) is 3.64. The topological polar surface area (TPSA) is 322 Å². The van der Waals surface area contributed by atoms with Crippen molar-refractivity contribution in [1.29, 1.82) is 5.41 Å². The molecule has 0 aromatic heterocycles. The van der Waals surface area contributed by atoms with Gasteiger partial charge < -0.3 is 83.9 Å². The predicted octanol–water partition coefficient (Wildman–Crippen LogP) is -6.09. The lowest BCUT2D eigenvalue weighted by molar-refractivity contribution is -0.297. The van der Waals surface area contributed by atoms with Gasteiger partial charge in [0, 0.05) is 31.0 Å². The summed E-state index contributed by atoms with van der Waals surface area (Å²) in [6.45, 7) is 1.93. The van der Waals surface area contributed by atoms with E-state index in [2.05, 4.69) is 21.3 Å². The van der Waals surface area contributed by atoms with Crippen LogP contribution in [0.25, 0.3) is 0 Å². The van der Waals surface area contributed by atoms with Crippen molar-refractivity contribution in [1.82, 2.24) is 21.3 Å². The molecule has 0 spiro atoms. The van der Waals surface area contributed by atoms with Crippen LogP contribution in [0.3, 0.4) is 0 Å². The molecule has 264 valence electrons. The summed E-state index contributed by atoms with van der Waals surface area (Å²) in [4.78, 5) is 13.3. The van der Waals surface area contributed by atoms with Crippen LogP contribution in [-0.2, 0) is 19.0 Å². The van der Waals surface area contributed by atoms with Gasteiger partial charge in [0.05, 0.1) is 43.5 Å². The Balaban J connectivity index is 1.60. The number of guanidine groups is 1. The van der Waals surface area contributed by atoms with Gasteiger partial charge in [-0.1, -0.05) is 0 Å². The number of rotatable bonds is 13. The molecule has 18 heteroatoms. The second-order valence-corrected chi connectivity index (χ2v) is 13.1. The van der Waals surface area contributed by atoms with Gasteiger partial charge in [-0.05, 0) is 45.9 Å². The van der Waals surface area contributed by atoms with Crippen molar-refractivity contribution in [2.24, 2.45) is 28.9 Å². The highest BCUT2D eigenvalue weighted by Crippen LogP contribution is 2.39. The van der Waals surface area contributed by atoms with Crippen molar-refractivity contribution >= 4 is 11.9 Å². The zero-order valence-electron chi connectivity index (χ0n) is 26.3. The lowest BCUT2D eigenvalue weighted by atomic mass is 9.72.